The van der Waals surface area contributed by atoms with Crippen molar-refractivity contribution >= 4 is 23.4 Å². The van der Waals surface area contributed by atoms with Gasteiger partial charge in [-0.1, -0.05) is 57.6 Å². The van der Waals surface area contributed by atoms with E-state index in [9.17, 15) is 34.5 Å². The first kappa shape index (κ1) is 54.4. The van der Waals surface area contributed by atoms with Crippen molar-refractivity contribution in [1.29, 1.82) is 0 Å². The van der Waals surface area contributed by atoms with E-state index in [-0.39, 0.29) is 62.2 Å². The number of aliphatic hydroxyl groups is 3. The van der Waals surface area contributed by atoms with Gasteiger partial charge >= 0.3 is 5.97 Å². The summed E-state index contributed by atoms with van der Waals surface area (Å²) in [5.74, 6) is -7.05. The number of piperidine rings is 1. The normalized spacial score (nSPS) is 37.1. The number of nitrogens with zero attached hydrogens (tertiary/aromatic N) is 1. The van der Waals surface area contributed by atoms with Crippen LogP contribution in [0.2, 0.25) is 0 Å². The highest BCUT2D eigenvalue weighted by Gasteiger charge is 2.56. The Bertz CT molecular complexity index is 1890. The van der Waals surface area contributed by atoms with Crippen LogP contribution in [0.5, 0.6) is 5.75 Å². The molecule has 0 radical (unpaired) electrons. The molecule has 15 unspecified atom stereocenters. The molecule has 0 aromatic heterocycles. The molecule has 3 N–H and O–H groups in total. The van der Waals surface area contributed by atoms with Gasteiger partial charge in [-0.15, -0.1) is 0 Å². The molecular weight excluding hydrogens is 863 g/mol. The van der Waals surface area contributed by atoms with Crippen molar-refractivity contribution in [2.24, 2.45) is 29.6 Å². The third kappa shape index (κ3) is 13.4. The Morgan fingerprint density at radius 1 is 0.925 bits per heavy atom. The molecule has 1 saturated carbocycles. The monoisotopic (exact) mass is 942 g/mol. The maximum atomic E-state index is 14.5. The molecule has 5 rings (SSSR count). The first-order valence-corrected chi connectivity index (χ1v) is 24.4. The van der Waals surface area contributed by atoms with E-state index in [0.29, 0.717) is 68.3 Å². The molecule has 3 fully saturated rings. The lowest BCUT2D eigenvalue weighted by Crippen LogP contribution is -2.64. The van der Waals surface area contributed by atoms with Crippen molar-refractivity contribution in [3.63, 3.8) is 0 Å². The summed E-state index contributed by atoms with van der Waals surface area (Å²) >= 11 is 0. The number of amides is 1. The third-order valence-corrected chi connectivity index (χ3v) is 14.8. The summed E-state index contributed by atoms with van der Waals surface area (Å²) in [6.45, 7) is 11.3. The van der Waals surface area contributed by atoms with Gasteiger partial charge in [-0.25, -0.2) is 4.79 Å². The summed E-state index contributed by atoms with van der Waals surface area (Å²) in [6.07, 6.45) is 3.12. The number of methoxy groups -OCH3 is 4. The fraction of sp³-hybridized carbons (Fsp3) is 0.731. The number of rotatable bonds is 11. The largest absolute Gasteiger partial charge is 0.497 e. The van der Waals surface area contributed by atoms with Gasteiger partial charge in [0.2, 0.25) is 5.79 Å². The fourth-order valence-electron chi connectivity index (χ4n) is 10.7. The summed E-state index contributed by atoms with van der Waals surface area (Å²) in [5.41, 5.74) is 2.32. The van der Waals surface area contributed by atoms with Crippen LogP contribution in [-0.4, -0.2) is 140 Å². The summed E-state index contributed by atoms with van der Waals surface area (Å²) in [6, 6.07) is 6.05. The first-order chi connectivity index (χ1) is 31.9. The number of ether oxygens (including phenoxy) is 7. The topological polar surface area (TPSA) is 197 Å². The highest BCUT2D eigenvalue weighted by atomic mass is 16.7. The smallest absolute Gasteiger partial charge is 0.329 e. The summed E-state index contributed by atoms with van der Waals surface area (Å²) in [5, 5.41) is 34.9. The van der Waals surface area contributed by atoms with Gasteiger partial charge < -0.3 is 53.4 Å². The predicted molar refractivity (Wildman–Crippen MR) is 250 cm³/mol. The molecule has 0 spiro atoms. The van der Waals surface area contributed by atoms with Crippen molar-refractivity contribution in [1.82, 2.24) is 4.90 Å². The van der Waals surface area contributed by atoms with Crippen molar-refractivity contribution in [2.75, 3.05) is 41.6 Å². The highest BCUT2D eigenvalue weighted by Crippen LogP contribution is 2.39. The number of carbonyl (C=O) groups excluding carboxylic acids is 4. The average molecular weight is 942 g/mol. The van der Waals surface area contributed by atoms with Crippen LogP contribution >= 0.6 is 0 Å². The number of allylic oxidation sites excluding steroid dienone is 3. The van der Waals surface area contributed by atoms with E-state index in [1.54, 1.807) is 34.1 Å². The lowest BCUT2D eigenvalue weighted by molar-refractivity contribution is -0.302. The van der Waals surface area contributed by atoms with Gasteiger partial charge in [-0.05, 0) is 113 Å². The molecule has 3 aliphatic heterocycles. The third-order valence-electron chi connectivity index (χ3n) is 14.8. The molecule has 3 heterocycles. The first-order valence-electron chi connectivity index (χ1n) is 24.4. The fourth-order valence-corrected chi connectivity index (χ4v) is 10.7. The van der Waals surface area contributed by atoms with Crippen molar-refractivity contribution < 1.29 is 67.7 Å². The maximum Gasteiger partial charge on any atom is 0.329 e. The Hall–Kier alpha value is -3.54. The van der Waals surface area contributed by atoms with Crippen LogP contribution in [0.15, 0.2) is 47.6 Å². The van der Waals surface area contributed by atoms with E-state index < -0.39 is 83.9 Å². The van der Waals surface area contributed by atoms with Crippen molar-refractivity contribution in [2.45, 2.75) is 173 Å². The number of carbonyl (C=O) groups is 4. The number of hydrogen-bond acceptors (Lipinski definition) is 14. The number of Topliss-reactive ketones (excluding diaryl/α,β-unsaturated/α-hetero) is 2. The number of hydrogen-bond donors (Lipinski definition) is 3. The highest BCUT2D eigenvalue weighted by molar-refractivity contribution is 6.39. The van der Waals surface area contributed by atoms with Crippen LogP contribution in [0, 0.1) is 29.6 Å². The molecule has 15 nitrogen and oxygen atoms in total. The number of cyclic esters (lactones) is 1. The zero-order chi connectivity index (χ0) is 49.2. The second kappa shape index (κ2) is 24.8. The molecular formula is C52H79NO14. The second-order valence-corrected chi connectivity index (χ2v) is 19.8. The molecule has 1 amide bonds. The van der Waals surface area contributed by atoms with Crippen LogP contribution in [0.4, 0.5) is 0 Å². The minimum atomic E-state index is -2.52. The van der Waals surface area contributed by atoms with Gasteiger partial charge in [0.1, 0.15) is 35.9 Å². The molecule has 2 saturated heterocycles. The molecule has 1 aliphatic carbocycles. The SMILES string of the molecule is CCC1/C=C(\C)CC(C)CC(OC)C2OC(O)(C(=O)C(=O)N3CCCCC3C(=O)OC(C(C)=CC3CCC(OCC(O)c4cccc(OC)c4)C(OC)C3)C(C)C(O)CC1=O)C(C)CC2OC. The molecule has 2 bridgehead atoms. The summed E-state index contributed by atoms with van der Waals surface area (Å²) < 4.78 is 41.9. The molecule has 67 heavy (non-hydrogen) atoms. The van der Waals surface area contributed by atoms with E-state index in [0.717, 1.165) is 5.57 Å². The van der Waals surface area contributed by atoms with Crippen molar-refractivity contribution in [3.8, 4) is 5.75 Å². The Morgan fingerprint density at radius 3 is 2.30 bits per heavy atom. The Labute approximate surface area is 397 Å². The van der Waals surface area contributed by atoms with Gasteiger partial charge in [0.25, 0.3) is 11.7 Å². The van der Waals surface area contributed by atoms with Crippen LogP contribution in [0.1, 0.15) is 124 Å². The molecule has 376 valence electrons. The second-order valence-electron chi connectivity index (χ2n) is 19.8. The van der Waals surface area contributed by atoms with E-state index >= 15 is 0 Å². The number of benzene rings is 1. The molecule has 15 atom stereocenters. The van der Waals surface area contributed by atoms with Gasteiger partial charge in [0.05, 0.1) is 44.2 Å². The maximum absolute atomic E-state index is 14.5. The van der Waals surface area contributed by atoms with E-state index in [1.165, 1.54) is 19.1 Å². The Kier molecular flexibility index (Phi) is 20.2. The number of ketones is 2. The minimum Gasteiger partial charge on any atom is -0.497 e. The Morgan fingerprint density at radius 2 is 1.63 bits per heavy atom. The van der Waals surface area contributed by atoms with Crippen molar-refractivity contribution in [3.05, 3.63) is 53.1 Å². The van der Waals surface area contributed by atoms with E-state index in [1.807, 2.05) is 51.1 Å². The standard InChI is InChI=1S/C52H79NO14/c1-11-36-22-30(2)21-31(3)23-45(63-9)48-46(64-10)25-33(5)52(60,67-48)49(57)50(58)53-20-13-12-17-39(53)51(59)66-47(34(6)40(54)28-41(36)55)32(4)24-35-18-19-43(44(26-35)62-8)65-29-42(56)37-15-14-16-38(27-37)61-7/h14-16,22,24,27,31,33-36,39-40,42-48,54,56,60H,11-13,17-21,23,25-26,28-29H2,1-10H3/b30-22+,32-24?. The van der Waals surface area contributed by atoms with Crippen LogP contribution < -0.4 is 4.74 Å². The summed E-state index contributed by atoms with van der Waals surface area (Å²) in [4.78, 5) is 58.4. The molecule has 15 heteroatoms. The van der Waals surface area contributed by atoms with Crippen LogP contribution in [-0.2, 0) is 47.6 Å². The number of esters is 1. The zero-order valence-electron chi connectivity index (χ0n) is 41.5. The Balaban J connectivity index is 1.44. The zero-order valence-corrected chi connectivity index (χ0v) is 41.5. The lowest BCUT2D eigenvalue weighted by Gasteiger charge is -2.47. The number of aliphatic hydroxyl groups excluding tert-OH is 2. The number of fused-ring (bicyclic) bond motifs is 3. The van der Waals surface area contributed by atoms with Gasteiger partial charge in [-0.2, -0.15) is 0 Å². The average Bonchev–Trinajstić information content (AvgIpc) is 3.32. The quantitative estimate of drug-likeness (QED) is 0.128. The molecule has 1 aromatic carbocycles. The van der Waals surface area contributed by atoms with Gasteiger partial charge in [-0.3, -0.25) is 14.4 Å². The molecule has 4 aliphatic rings. The van der Waals surface area contributed by atoms with Gasteiger partial charge in [0, 0.05) is 52.0 Å². The van der Waals surface area contributed by atoms with E-state index in [2.05, 4.69) is 6.92 Å². The van der Waals surface area contributed by atoms with E-state index in [4.69, 9.17) is 33.2 Å². The minimum absolute atomic E-state index is 0.0200. The van der Waals surface area contributed by atoms with Crippen LogP contribution in [0.3, 0.4) is 0 Å². The predicted octanol–water partition coefficient (Wildman–Crippen LogP) is 6.24. The molecule has 1 aromatic rings. The lowest BCUT2D eigenvalue weighted by atomic mass is 9.81. The summed E-state index contributed by atoms with van der Waals surface area (Å²) in [7, 11) is 6.26. The van der Waals surface area contributed by atoms with Crippen LogP contribution in [0.25, 0.3) is 0 Å². The van der Waals surface area contributed by atoms with Gasteiger partial charge in [0.15, 0.2) is 0 Å².